The molecule has 0 fully saturated rings. The lowest BCUT2D eigenvalue weighted by Crippen LogP contribution is -2.37. The molecule has 3 aromatic carbocycles. The molecule has 0 aliphatic heterocycles. The number of hydrogen-bond donors (Lipinski definition) is 3. The molecule has 0 saturated heterocycles. The molecule has 7 heteroatoms. The van der Waals surface area contributed by atoms with Gasteiger partial charge in [-0.3, -0.25) is 4.79 Å². The predicted molar refractivity (Wildman–Crippen MR) is 161 cm³/mol. The third-order valence-electron chi connectivity index (χ3n) is 7.07. The lowest BCUT2D eigenvalue weighted by atomic mass is 9.81. The van der Waals surface area contributed by atoms with Crippen LogP contribution in [0, 0.1) is 0 Å². The molecule has 4 rings (SSSR count). The molecule has 0 bridgehead atoms. The normalized spacial score (nSPS) is 13.5. The molecule has 0 amide bonds. The molecule has 202 valence electrons. The van der Waals surface area contributed by atoms with Crippen molar-refractivity contribution in [1.29, 1.82) is 0 Å². The lowest BCUT2D eigenvalue weighted by molar-refractivity contribution is 0.0968. The maximum Gasteiger partial charge on any atom is 0.251 e. The summed E-state index contributed by atoms with van der Waals surface area (Å²) in [5.74, 6) is 0. The Labute approximate surface area is 234 Å². The second kappa shape index (κ2) is 11.5. The number of hydrogen-bond acceptors (Lipinski definition) is 5. The Morgan fingerprint density at radius 2 is 1.82 bits per heavy atom. The first-order chi connectivity index (χ1) is 18.6. The highest BCUT2D eigenvalue weighted by Gasteiger charge is 2.38. The van der Waals surface area contributed by atoms with Crippen LogP contribution in [0.1, 0.15) is 30.5 Å². The highest BCUT2D eigenvalue weighted by Crippen LogP contribution is 2.40. The van der Waals surface area contributed by atoms with Gasteiger partial charge in [-0.1, -0.05) is 74.5 Å². The number of aliphatic hydroxyl groups is 1. The van der Waals surface area contributed by atoms with Crippen molar-refractivity contribution in [1.82, 2.24) is 14.8 Å². The smallest absolute Gasteiger partial charge is 0.251 e. The Bertz CT molecular complexity index is 1590. The topological polar surface area (TPSA) is 83.5 Å². The van der Waals surface area contributed by atoms with Crippen molar-refractivity contribution in [3.8, 4) is 11.1 Å². The summed E-state index contributed by atoms with van der Waals surface area (Å²) in [6, 6.07) is 22.8. The van der Waals surface area contributed by atoms with E-state index in [0.717, 1.165) is 34.1 Å². The minimum Gasteiger partial charge on any atom is -0.403 e. The van der Waals surface area contributed by atoms with Gasteiger partial charge < -0.3 is 25.6 Å². The standard InChI is InChI=1S/C32H35ClN4O2/c1-6-36(4)30(19-34)32(39,24-12-10-22(11-13-24)20-35-21(2)3)25-14-15-29-28(17-25)27(18-31(38)37(29)5)23-8-7-9-26(33)16-23/h6-19,21,35,39H,1,20,34H2,2-5H3/b30-19-. The fourth-order valence-electron chi connectivity index (χ4n) is 4.82. The van der Waals surface area contributed by atoms with Crippen LogP contribution in [-0.4, -0.2) is 27.7 Å². The SMILES string of the molecule is C=CN(C)/C(=C\N)C(O)(c1ccc(CNC(C)C)cc1)c1ccc2c(c1)c(-c1cccc(Cl)c1)cc(=O)n2C. The summed E-state index contributed by atoms with van der Waals surface area (Å²) in [6.45, 7) is 8.80. The average Bonchev–Trinajstić information content (AvgIpc) is 2.93. The first-order valence-electron chi connectivity index (χ1n) is 12.8. The molecule has 0 aliphatic rings. The van der Waals surface area contributed by atoms with Crippen LogP contribution in [0.5, 0.6) is 0 Å². The van der Waals surface area contributed by atoms with E-state index >= 15 is 0 Å². The molecule has 39 heavy (non-hydrogen) atoms. The molecule has 4 aromatic rings. The fraction of sp³-hybridized carbons (Fsp3) is 0.219. The van der Waals surface area contributed by atoms with Gasteiger partial charge in [-0.05, 0) is 58.3 Å². The largest absolute Gasteiger partial charge is 0.403 e. The molecule has 1 atom stereocenters. The summed E-state index contributed by atoms with van der Waals surface area (Å²) in [5.41, 5.74) is 9.43. The molecular weight excluding hydrogens is 508 g/mol. The van der Waals surface area contributed by atoms with Crippen molar-refractivity contribution in [3.63, 3.8) is 0 Å². The van der Waals surface area contributed by atoms with Gasteiger partial charge >= 0.3 is 0 Å². The van der Waals surface area contributed by atoms with Gasteiger partial charge in [0.05, 0.1) is 11.2 Å². The lowest BCUT2D eigenvalue weighted by Gasteiger charge is -2.36. The quantitative estimate of drug-likeness (QED) is 0.261. The Morgan fingerprint density at radius 1 is 1.13 bits per heavy atom. The van der Waals surface area contributed by atoms with E-state index in [1.54, 1.807) is 41.9 Å². The van der Waals surface area contributed by atoms with Gasteiger partial charge in [-0.2, -0.15) is 0 Å². The van der Waals surface area contributed by atoms with Gasteiger partial charge in [0.25, 0.3) is 5.56 Å². The van der Waals surface area contributed by atoms with Gasteiger partial charge in [-0.15, -0.1) is 0 Å². The number of nitrogens with two attached hydrogens (primary N) is 1. The number of nitrogens with zero attached hydrogens (tertiary/aromatic N) is 2. The van der Waals surface area contributed by atoms with E-state index in [9.17, 15) is 9.90 Å². The number of aryl methyl sites for hydroxylation is 1. The van der Waals surface area contributed by atoms with E-state index in [-0.39, 0.29) is 5.56 Å². The first-order valence-corrected chi connectivity index (χ1v) is 13.2. The Morgan fingerprint density at radius 3 is 2.44 bits per heavy atom. The maximum atomic E-state index is 12.9. The van der Waals surface area contributed by atoms with Crippen LogP contribution in [0.25, 0.3) is 22.0 Å². The van der Waals surface area contributed by atoms with Gasteiger partial charge in [0.15, 0.2) is 5.60 Å². The summed E-state index contributed by atoms with van der Waals surface area (Å²) in [7, 11) is 3.53. The second-order valence-electron chi connectivity index (χ2n) is 9.99. The molecule has 0 aliphatic carbocycles. The van der Waals surface area contributed by atoms with Crippen LogP contribution in [0.2, 0.25) is 5.02 Å². The molecule has 4 N–H and O–H groups in total. The van der Waals surface area contributed by atoms with E-state index in [4.69, 9.17) is 17.3 Å². The third kappa shape index (κ3) is 5.50. The summed E-state index contributed by atoms with van der Waals surface area (Å²) in [5, 5.41) is 17.4. The molecule has 0 radical (unpaired) electrons. The minimum atomic E-state index is -1.61. The summed E-state index contributed by atoms with van der Waals surface area (Å²) in [6.07, 6.45) is 3.01. The summed E-state index contributed by atoms with van der Waals surface area (Å²) in [4.78, 5) is 14.6. The highest BCUT2D eigenvalue weighted by atomic mass is 35.5. The van der Waals surface area contributed by atoms with E-state index in [1.165, 1.54) is 6.20 Å². The van der Waals surface area contributed by atoms with Crippen LogP contribution in [0.3, 0.4) is 0 Å². The van der Waals surface area contributed by atoms with E-state index in [2.05, 4.69) is 25.7 Å². The Hall–Kier alpha value is -3.84. The van der Waals surface area contributed by atoms with E-state index < -0.39 is 5.60 Å². The van der Waals surface area contributed by atoms with Gasteiger partial charge in [0.2, 0.25) is 0 Å². The van der Waals surface area contributed by atoms with E-state index in [1.807, 2.05) is 60.7 Å². The molecule has 0 saturated carbocycles. The average molecular weight is 543 g/mol. The highest BCUT2D eigenvalue weighted by molar-refractivity contribution is 6.30. The number of benzene rings is 3. The minimum absolute atomic E-state index is 0.139. The van der Waals surface area contributed by atoms with Crippen LogP contribution in [0.15, 0.2) is 102 Å². The monoisotopic (exact) mass is 542 g/mol. The van der Waals surface area contributed by atoms with Crippen molar-refractivity contribution in [2.45, 2.75) is 32.0 Å². The molecular formula is C32H35ClN4O2. The van der Waals surface area contributed by atoms with Crippen molar-refractivity contribution < 1.29 is 5.11 Å². The number of pyridine rings is 1. The Balaban J connectivity index is 1.98. The van der Waals surface area contributed by atoms with Crippen molar-refractivity contribution in [3.05, 3.63) is 130 Å². The van der Waals surface area contributed by atoms with Gasteiger partial charge in [0.1, 0.15) is 0 Å². The van der Waals surface area contributed by atoms with E-state index in [0.29, 0.717) is 27.9 Å². The molecule has 0 spiro atoms. The zero-order chi connectivity index (χ0) is 28.3. The van der Waals surface area contributed by atoms with Crippen LogP contribution in [0.4, 0.5) is 0 Å². The molecule has 1 aromatic heterocycles. The van der Waals surface area contributed by atoms with Crippen molar-refractivity contribution in [2.24, 2.45) is 12.8 Å². The maximum absolute atomic E-state index is 12.9. The summed E-state index contributed by atoms with van der Waals surface area (Å²) >= 11 is 6.30. The predicted octanol–water partition coefficient (Wildman–Crippen LogP) is 5.47. The second-order valence-corrected chi connectivity index (χ2v) is 10.4. The van der Waals surface area contributed by atoms with Crippen LogP contribution >= 0.6 is 11.6 Å². The number of nitrogens with one attached hydrogen (secondary N) is 1. The summed E-state index contributed by atoms with van der Waals surface area (Å²) < 4.78 is 1.60. The van der Waals surface area contributed by atoms with Crippen molar-refractivity contribution >= 4 is 22.5 Å². The number of halogens is 1. The molecule has 6 nitrogen and oxygen atoms in total. The number of rotatable bonds is 9. The van der Waals surface area contributed by atoms with Crippen LogP contribution in [-0.2, 0) is 19.2 Å². The zero-order valence-electron chi connectivity index (χ0n) is 22.8. The van der Waals surface area contributed by atoms with Crippen molar-refractivity contribution in [2.75, 3.05) is 7.05 Å². The number of likely N-dealkylation sites (N-methyl/N-ethyl adjacent to an activating group) is 1. The van der Waals surface area contributed by atoms with Gasteiger partial charge in [-0.25, -0.2) is 0 Å². The molecule has 1 unspecified atom stereocenters. The first kappa shape index (κ1) is 28.2. The Kier molecular flexibility index (Phi) is 8.31. The fourth-order valence-corrected chi connectivity index (χ4v) is 5.01. The van der Waals surface area contributed by atoms with Crippen LogP contribution < -0.4 is 16.6 Å². The zero-order valence-corrected chi connectivity index (χ0v) is 23.5. The number of fused-ring (bicyclic) bond motifs is 1. The third-order valence-corrected chi connectivity index (χ3v) is 7.30. The van der Waals surface area contributed by atoms with Gasteiger partial charge in [0, 0.05) is 49.4 Å². The number of aromatic nitrogens is 1. The molecule has 1 heterocycles.